The summed E-state index contributed by atoms with van der Waals surface area (Å²) in [6.07, 6.45) is 4.21. The molecule has 2 unspecified atom stereocenters. The number of hydrogen-bond acceptors (Lipinski definition) is 32. The maximum Gasteiger partial charge on any atom is 2.00 e. The second kappa shape index (κ2) is 55.8. The van der Waals surface area contributed by atoms with Gasteiger partial charge < -0.3 is 144 Å². The fourth-order valence-electron chi connectivity index (χ4n) is 6.87. The quantitative estimate of drug-likeness (QED) is 0.0316. The SMILES string of the molecule is CN=C1N[N+]2=CC(c3ccccc3)=[N+]3NC(=NC)SC23S1.CN=C1N[N+]2=CC(c3ccccc3)=[N+]3NC(=NC)SC23S1.CNC([S-])=NN=C(C)C(C)=NN=C([S-])NC.CNC([S-])=NN=C(C)C(C)=NN=C([S-])NC.CNC([S-])=NN=C(C)C(C)=NN=C([S-])NC.CNC([S-])=NN=C(C)C(C)=NN=C([S-])NC.[Co+2].[Cu+2].[Ni+2].[Zn+2]. The molecule has 2 atom stereocenters. The van der Waals surface area contributed by atoms with Crippen molar-refractivity contribution in [1.29, 1.82) is 0 Å². The monoisotopic (exact) mass is 1910 g/mol. The van der Waals surface area contributed by atoms with Gasteiger partial charge in [-0.3, -0.25) is 20.0 Å². The molecular formula is C58H84CoCuN36NiS12Zn+4. The number of nitrogens with zero attached hydrogens (tertiary/aromatic N) is 24. The molecular weight excluding hydrogens is 1830 g/mol. The Morgan fingerprint density at radius 1 is 0.318 bits per heavy atom. The number of hydrazone groups is 4. The van der Waals surface area contributed by atoms with Crippen LogP contribution in [-0.4, -0.2) is 244 Å². The topological polar surface area (TPSA) is 404 Å². The van der Waals surface area contributed by atoms with E-state index in [2.05, 4.69) is 221 Å². The molecule has 0 saturated carbocycles. The van der Waals surface area contributed by atoms with Crippen molar-refractivity contribution in [2.75, 3.05) is 84.6 Å². The van der Waals surface area contributed by atoms with E-state index in [4.69, 9.17) is 101 Å². The molecule has 4 saturated heterocycles. The molecule has 52 heteroatoms. The van der Waals surface area contributed by atoms with Gasteiger partial charge in [-0.05, 0) is 140 Å². The van der Waals surface area contributed by atoms with Gasteiger partial charge in [0.1, 0.15) is 0 Å². The number of benzene rings is 2. The molecule has 596 valence electrons. The van der Waals surface area contributed by atoms with Gasteiger partial charge in [-0.25, -0.2) is 0 Å². The van der Waals surface area contributed by atoms with Crippen molar-refractivity contribution in [2.45, 2.75) is 64.0 Å². The van der Waals surface area contributed by atoms with Crippen molar-refractivity contribution >= 4 is 280 Å². The predicted octanol–water partition coefficient (Wildman–Crippen LogP) is 1.26. The van der Waals surface area contributed by atoms with E-state index in [0.717, 1.165) is 43.2 Å². The van der Waals surface area contributed by atoms with Gasteiger partial charge in [0.05, 0.1) is 104 Å². The van der Waals surface area contributed by atoms with Crippen LogP contribution < -0.4 is 64.2 Å². The second-order valence-electron chi connectivity index (χ2n) is 20.0. The van der Waals surface area contributed by atoms with Crippen LogP contribution in [0.5, 0.6) is 0 Å². The third kappa shape index (κ3) is 34.0. The standard InChI is InChI=1S/2C13H13N6S2.4C8H16N6S2.Co.Cu.Ni.Zn/c2*1-14-11-16-18-8-10(9-6-4-3-5-7-9)19-13(18,20-11)21-12(15-2)17-19;4*1-5(11-13-7(15)9-3)6(2)12-14-8(16)10-4;;;;/h2*3-8H,1-2H3,(H,15,17);4*1-4H3,(H2,9,13,15)(H2,10,14,16);;;;/q2*+1;;;;;4*+2/p-6. The summed E-state index contributed by atoms with van der Waals surface area (Å²) in [5.41, 5.74) is 22.9. The Kier molecular flexibility index (Phi) is 53.5. The zero-order chi connectivity index (χ0) is 79.1. The van der Waals surface area contributed by atoms with Gasteiger partial charge in [-0.2, -0.15) is 81.6 Å². The predicted molar refractivity (Wildman–Crippen MR) is 472 cm³/mol. The summed E-state index contributed by atoms with van der Waals surface area (Å²) >= 11 is 45.2. The van der Waals surface area contributed by atoms with Crippen LogP contribution in [-0.2, 0) is 171 Å². The van der Waals surface area contributed by atoms with E-state index in [1.807, 2.05) is 36.4 Å². The Hall–Kier alpha value is -6.58. The maximum absolute atomic E-state index is 4.81. The second-order valence-corrected chi connectivity index (χ2v) is 28.2. The van der Waals surface area contributed by atoms with Crippen molar-refractivity contribution in [3.63, 3.8) is 0 Å². The number of amidine groups is 12. The first kappa shape index (κ1) is 105. The maximum atomic E-state index is 4.81. The molecule has 2 aromatic rings. The zero-order valence-corrected chi connectivity index (χ0v) is 79.0. The van der Waals surface area contributed by atoms with Crippen LogP contribution in [0.15, 0.2) is 162 Å². The van der Waals surface area contributed by atoms with Gasteiger partial charge in [0.15, 0.2) is 0 Å². The minimum Gasteiger partial charge on any atom is -0.741 e. The van der Waals surface area contributed by atoms with Crippen molar-refractivity contribution in [3.05, 3.63) is 71.8 Å². The molecule has 8 rings (SSSR count). The molecule has 6 heterocycles. The Bertz CT molecular complexity index is 3670. The summed E-state index contributed by atoms with van der Waals surface area (Å²) in [5, 5.41) is 88.6. The van der Waals surface area contributed by atoms with Crippen molar-refractivity contribution in [3.8, 4) is 0 Å². The average Bonchev–Trinajstić information content (AvgIpc) is 1.56. The van der Waals surface area contributed by atoms with E-state index in [0.29, 0.717) is 87.0 Å². The Morgan fingerprint density at radius 2 is 0.491 bits per heavy atom. The van der Waals surface area contributed by atoms with Crippen LogP contribution in [0.3, 0.4) is 0 Å². The first-order valence-electron chi connectivity index (χ1n) is 30.8. The molecule has 36 nitrogen and oxygen atoms in total. The number of hydrazine groups is 4. The molecule has 0 aromatic heterocycles. The van der Waals surface area contributed by atoms with E-state index < -0.39 is 0 Å². The van der Waals surface area contributed by atoms with Gasteiger partial charge in [0, 0.05) is 84.6 Å². The van der Waals surface area contributed by atoms with E-state index in [-0.39, 0.29) is 78.5 Å². The molecule has 110 heavy (non-hydrogen) atoms. The molecule has 0 aliphatic carbocycles. The average molecular weight is 1920 g/mol. The molecule has 2 spiro atoms. The normalized spacial score (nSPS) is 20.3. The number of nitrogens with one attached hydrogen (secondary N) is 12. The van der Waals surface area contributed by atoms with Gasteiger partial charge in [0.2, 0.25) is 20.7 Å². The van der Waals surface area contributed by atoms with Crippen molar-refractivity contribution < 1.29 is 88.6 Å². The summed E-state index contributed by atoms with van der Waals surface area (Å²) < 4.78 is 7.77. The molecule has 2 radical (unpaired) electrons. The summed E-state index contributed by atoms with van der Waals surface area (Å²) in [5.74, 6) is 0. The van der Waals surface area contributed by atoms with Gasteiger partial charge in [-0.15, -0.1) is 21.7 Å². The Balaban J connectivity index is 0. The van der Waals surface area contributed by atoms with Crippen LogP contribution in [0.4, 0.5) is 0 Å². The molecule has 0 amide bonds. The fourth-order valence-corrected chi connectivity index (χ4v) is 12.1. The van der Waals surface area contributed by atoms with Gasteiger partial charge in [0.25, 0.3) is 12.4 Å². The largest absolute Gasteiger partial charge is 2.00 e. The molecule has 6 aliphatic heterocycles. The van der Waals surface area contributed by atoms with Crippen molar-refractivity contribution in [1.82, 2.24) is 64.2 Å². The van der Waals surface area contributed by atoms with Crippen LogP contribution in [0.2, 0.25) is 0 Å². The van der Waals surface area contributed by atoms with E-state index >= 15 is 0 Å². The smallest absolute Gasteiger partial charge is 0.741 e. The van der Waals surface area contributed by atoms with Crippen LogP contribution in [0, 0.1) is 0 Å². The number of rotatable bonds is 14. The van der Waals surface area contributed by atoms with Crippen LogP contribution in [0.25, 0.3) is 0 Å². The van der Waals surface area contributed by atoms with Crippen LogP contribution in [0.1, 0.15) is 66.5 Å². The van der Waals surface area contributed by atoms with Crippen molar-refractivity contribution in [2.24, 2.45) is 102 Å². The first-order valence-corrected chi connectivity index (χ1v) is 37.3. The zero-order valence-electron chi connectivity index (χ0n) is 63.2. The van der Waals surface area contributed by atoms with E-state index in [9.17, 15) is 0 Å². The Labute approximate surface area is 746 Å². The minimum absolute atomic E-state index is 0. The number of aliphatic imine (C=N–C) groups is 4. The Morgan fingerprint density at radius 3 is 0.655 bits per heavy atom. The van der Waals surface area contributed by atoms with Gasteiger partial charge in [-0.1, -0.05) is 36.4 Å². The number of hydrogen-bond donors (Lipinski definition) is 12. The summed E-state index contributed by atoms with van der Waals surface area (Å²) in [4.78, 5) is 17.1. The number of thioether (sulfide) groups is 4. The van der Waals surface area contributed by atoms with E-state index in [1.54, 1.807) is 187 Å². The molecule has 6 aliphatic rings. The molecule has 0 bridgehead atoms. The summed E-state index contributed by atoms with van der Waals surface area (Å²) in [6.45, 7) is 14.1. The minimum atomic E-state index is -0.338. The third-order valence-electron chi connectivity index (χ3n) is 13.0. The van der Waals surface area contributed by atoms with Gasteiger partial charge >= 0.3 is 89.9 Å². The first-order chi connectivity index (χ1) is 50.6. The third-order valence-corrected chi connectivity index (χ3v) is 20.7. The summed E-state index contributed by atoms with van der Waals surface area (Å²) in [6, 6.07) is 20.7. The molecule has 4 fully saturated rings. The van der Waals surface area contributed by atoms with Crippen LogP contribution >= 0.6 is 47.0 Å². The van der Waals surface area contributed by atoms with E-state index in [1.165, 1.54) is 0 Å². The molecule has 2 aromatic carbocycles. The fraction of sp³-hybridized carbons (Fsp3) is 0.379. The summed E-state index contributed by atoms with van der Waals surface area (Å²) in [7, 11) is 20.6. The molecule has 12 N–H and O–H groups in total.